The Morgan fingerprint density at radius 2 is 1.27 bits per heavy atom. The van der Waals surface area contributed by atoms with Crippen LogP contribution in [0.3, 0.4) is 0 Å². The van der Waals surface area contributed by atoms with E-state index in [1.165, 1.54) is 0 Å². The Morgan fingerprint density at radius 1 is 0.758 bits per heavy atom. The molecule has 188 valence electrons. The van der Waals surface area contributed by atoms with Crippen LogP contribution in [0.2, 0.25) is 0 Å². The Kier molecular flexibility index (Phi) is 7.12. The summed E-state index contributed by atoms with van der Waals surface area (Å²) in [7, 11) is 0. The lowest BCUT2D eigenvalue weighted by Gasteiger charge is -2.37. The van der Waals surface area contributed by atoms with E-state index >= 15 is 0 Å². The van der Waals surface area contributed by atoms with Gasteiger partial charge in [-0.15, -0.1) is 0 Å². The molecular weight excluding hydrogens is 436 g/mol. The molecule has 3 fully saturated rings. The number of hydrogen-bond donors (Lipinski definition) is 3. The molecule has 0 spiro atoms. The number of rotatable bonds is 7. The molecule has 11 heteroatoms. The molecule has 3 N–H and O–H groups in total. The predicted molar refractivity (Wildman–Crippen MR) is 114 cm³/mol. The fraction of sp³-hybridized carbons (Fsp3) is 0.864. The van der Waals surface area contributed by atoms with Gasteiger partial charge in [0.2, 0.25) is 5.91 Å². The second-order valence-corrected chi connectivity index (χ2v) is 10.4. The summed E-state index contributed by atoms with van der Waals surface area (Å²) in [4.78, 5) is 37.7. The number of fused-ring (bicyclic) bond motifs is 3. The van der Waals surface area contributed by atoms with Gasteiger partial charge in [-0.3, -0.25) is 9.59 Å². The number of nitrogens with one attached hydrogen (secondary N) is 2. The largest absolute Gasteiger partial charge is 0.480 e. The number of aliphatic carboxylic acids is 1. The minimum Gasteiger partial charge on any atom is -0.480 e. The number of carbonyl (C=O) groups is 3. The third-order valence-corrected chi connectivity index (χ3v) is 5.89. The van der Waals surface area contributed by atoms with Crippen LogP contribution in [-0.2, 0) is 38.1 Å². The van der Waals surface area contributed by atoms with E-state index in [0.717, 1.165) is 0 Å². The molecule has 11 nitrogen and oxygen atoms in total. The molecule has 0 aliphatic carbocycles. The first-order valence-electron chi connectivity index (χ1n) is 11.3. The number of ether oxygens (including phenoxy) is 5. The van der Waals surface area contributed by atoms with Gasteiger partial charge in [0.15, 0.2) is 24.0 Å². The van der Waals surface area contributed by atoms with Crippen LogP contribution < -0.4 is 10.6 Å². The normalized spacial score (nSPS) is 33.8. The van der Waals surface area contributed by atoms with Gasteiger partial charge in [0.1, 0.15) is 30.4 Å². The number of amides is 2. The summed E-state index contributed by atoms with van der Waals surface area (Å²) in [5, 5.41) is 14.6. The zero-order chi connectivity index (χ0) is 24.9. The zero-order valence-corrected chi connectivity index (χ0v) is 20.4. The molecule has 0 saturated carbocycles. The first kappa shape index (κ1) is 25.8. The minimum atomic E-state index is -1.14. The number of carboxylic acids is 1. The van der Waals surface area contributed by atoms with Gasteiger partial charge in [-0.05, 0) is 39.5 Å². The highest BCUT2D eigenvalue weighted by Crippen LogP contribution is 2.44. The summed E-state index contributed by atoms with van der Waals surface area (Å²) in [6, 6.07) is -2.06. The van der Waals surface area contributed by atoms with Gasteiger partial charge >= 0.3 is 5.97 Å². The maximum absolute atomic E-state index is 13.3. The van der Waals surface area contributed by atoms with Crippen molar-refractivity contribution in [1.82, 2.24) is 10.6 Å². The van der Waals surface area contributed by atoms with E-state index in [9.17, 15) is 19.5 Å². The van der Waals surface area contributed by atoms with E-state index in [1.54, 1.807) is 55.4 Å². The van der Waals surface area contributed by atoms with Crippen molar-refractivity contribution in [3.05, 3.63) is 0 Å². The van der Waals surface area contributed by atoms with E-state index in [0.29, 0.717) is 0 Å². The molecule has 0 aromatic rings. The van der Waals surface area contributed by atoms with Crippen LogP contribution in [0.15, 0.2) is 0 Å². The van der Waals surface area contributed by atoms with Gasteiger partial charge in [0.25, 0.3) is 5.91 Å². The van der Waals surface area contributed by atoms with Gasteiger partial charge in [-0.25, -0.2) is 4.79 Å². The second-order valence-electron chi connectivity index (χ2n) is 10.4. The van der Waals surface area contributed by atoms with E-state index in [2.05, 4.69) is 10.6 Å². The number of hydrogen-bond acceptors (Lipinski definition) is 8. The summed E-state index contributed by atoms with van der Waals surface area (Å²) >= 11 is 0. The third kappa shape index (κ3) is 5.48. The van der Waals surface area contributed by atoms with E-state index in [-0.39, 0.29) is 11.8 Å². The molecule has 0 aromatic heterocycles. The van der Waals surface area contributed by atoms with Gasteiger partial charge in [-0.1, -0.05) is 27.7 Å². The van der Waals surface area contributed by atoms with Crippen molar-refractivity contribution in [2.75, 3.05) is 0 Å². The fourth-order valence-electron chi connectivity index (χ4n) is 4.35. The molecule has 3 aliphatic heterocycles. The van der Waals surface area contributed by atoms with Crippen molar-refractivity contribution < 1.29 is 43.2 Å². The van der Waals surface area contributed by atoms with Crippen molar-refractivity contribution in [3.63, 3.8) is 0 Å². The van der Waals surface area contributed by atoms with Crippen LogP contribution in [0.4, 0.5) is 0 Å². The van der Waals surface area contributed by atoms with Crippen molar-refractivity contribution in [2.45, 2.75) is 110 Å². The quantitative estimate of drug-likeness (QED) is 0.489. The van der Waals surface area contributed by atoms with Crippen LogP contribution in [0.5, 0.6) is 0 Å². The highest BCUT2D eigenvalue weighted by atomic mass is 16.9. The lowest BCUT2D eigenvalue weighted by Crippen LogP contribution is -2.62. The van der Waals surface area contributed by atoms with Gasteiger partial charge in [-0.2, -0.15) is 0 Å². The molecule has 3 heterocycles. The highest BCUT2D eigenvalue weighted by Gasteiger charge is 2.62. The Balaban J connectivity index is 1.78. The van der Waals surface area contributed by atoms with Crippen molar-refractivity contribution >= 4 is 17.8 Å². The maximum atomic E-state index is 13.3. The maximum Gasteiger partial charge on any atom is 0.326 e. The lowest BCUT2D eigenvalue weighted by atomic mass is 9.96. The van der Waals surface area contributed by atoms with Crippen LogP contribution in [0, 0.1) is 11.8 Å². The first-order valence-corrected chi connectivity index (χ1v) is 11.3. The Morgan fingerprint density at radius 3 is 1.82 bits per heavy atom. The smallest absolute Gasteiger partial charge is 0.326 e. The summed E-state index contributed by atoms with van der Waals surface area (Å²) in [6.07, 6.45) is -3.94. The lowest BCUT2D eigenvalue weighted by molar-refractivity contribution is -0.231. The minimum absolute atomic E-state index is 0.315. The SMILES string of the molecule is CC(C)C(NC(=O)C(NC(=O)C1O[C@@H]2OC(C)(C)O[C@@H]2[C@H]2OC(C)(C)O[C@@H]12)C(C)C)C(=O)O. The molecule has 7 atom stereocenters. The molecule has 2 amide bonds. The van der Waals surface area contributed by atoms with Crippen LogP contribution in [-0.4, -0.2) is 77.3 Å². The number of carboxylic acid groups (broad SMARTS) is 1. The highest BCUT2D eigenvalue weighted by molar-refractivity contribution is 5.92. The Bertz CT molecular complexity index is 782. The predicted octanol–water partition coefficient (Wildman–Crippen LogP) is 0.749. The monoisotopic (exact) mass is 472 g/mol. The Hall–Kier alpha value is -1.79. The van der Waals surface area contributed by atoms with Crippen LogP contribution >= 0.6 is 0 Å². The van der Waals surface area contributed by atoms with E-state index < -0.39 is 72.1 Å². The van der Waals surface area contributed by atoms with Gasteiger partial charge < -0.3 is 39.4 Å². The topological polar surface area (TPSA) is 142 Å². The van der Waals surface area contributed by atoms with Crippen LogP contribution in [0.25, 0.3) is 0 Å². The van der Waals surface area contributed by atoms with Gasteiger partial charge in [0.05, 0.1) is 0 Å². The second kappa shape index (κ2) is 9.10. The van der Waals surface area contributed by atoms with E-state index in [1.807, 2.05) is 0 Å². The molecule has 33 heavy (non-hydrogen) atoms. The molecule has 3 aliphatic rings. The summed E-state index contributed by atoms with van der Waals surface area (Å²) in [6.45, 7) is 13.9. The van der Waals surface area contributed by atoms with Crippen LogP contribution in [0.1, 0.15) is 55.4 Å². The standard InChI is InChI=1S/C22H36N2O9/c1-9(2)11(17(25)24-12(10(3)4)19(27)28)23-18(26)15-13-14(31-21(5,6)30-13)16-20(29-15)33-22(7,8)32-16/h9-16,20H,1-8H3,(H,23,26)(H,24,25)(H,27,28)/t11?,12?,13-,14+,15?,16-,20-/m1/s1. The molecule has 0 bridgehead atoms. The van der Waals surface area contributed by atoms with E-state index in [4.69, 9.17) is 23.7 Å². The fourth-order valence-corrected chi connectivity index (χ4v) is 4.35. The molecule has 0 radical (unpaired) electrons. The Labute approximate surface area is 193 Å². The summed E-state index contributed by atoms with van der Waals surface area (Å²) < 4.78 is 29.7. The first-order chi connectivity index (χ1) is 15.1. The van der Waals surface area contributed by atoms with Crippen molar-refractivity contribution in [1.29, 1.82) is 0 Å². The molecule has 3 rings (SSSR count). The average Bonchev–Trinajstić information content (AvgIpc) is 3.15. The molecule has 3 saturated heterocycles. The molecule has 3 unspecified atom stereocenters. The number of carbonyl (C=O) groups excluding carboxylic acids is 2. The van der Waals surface area contributed by atoms with Crippen molar-refractivity contribution in [3.8, 4) is 0 Å². The van der Waals surface area contributed by atoms with Gasteiger partial charge in [0, 0.05) is 0 Å². The third-order valence-electron chi connectivity index (χ3n) is 5.89. The average molecular weight is 473 g/mol. The zero-order valence-electron chi connectivity index (χ0n) is 20.4. The van der Waals surface area contributed by atoms with Crippen molar-refractivity contribution in [2.24, 2.45) is 11.8 Å². The summed E-state index contributed by atoms with van der Waals surface area (Å²) in [5.41, 5.74) is 0. The molecular formula is C22H36N2O9. The molecule has 0 aromatic carbocycles. The summed E-state index contributed by atoms with van der Waals surface area (Å²) in [5.74, 6) is -4.85.